The smallest absolute Gasteiger partial charge is 0.303 e. The molecular formula is C17H27BrN4O. The SMILES string of the molecule is CC(C)CN(CCCn1nc2ccc(Br)cn2c1=O)CC(C)C. The van der Waals surface area contributed by atoms with E-state index in [2.05, 4.69) is 53.6 Å². The summed E-state index contributed by atoms with van der Waals surface area (Å²) in [6, 6.07) is 3.75. The van der Waals surface area contributed by atoms with E-state index in [0.717, 1.165) is 30.5 Å². The van der Waals surface area contributed by atoms with Crippen LogP contribution in [0.3, 0.4) is 0 Å². The number of hydrogen-bond donors (Lipinski definition) is 0. The van der Waals surface area contributed by atoms with E-state index in [9.17, 15) is 4.79 Å². The van der Waals surface area contributed by atoms with Crippen LogP contribution in [0.5, 0.6) is 0 Å². The van der Waals surface area contributed by atoms with Gasteiger partial charge in [-0.1, -0.05) is 27.7 Å². The second-order valence-corrected chi connectivity index (χ2v) is 7.90. The lowest BCUT2D eigenvalue weighted by Crippen LogP contribution is -2.33. The lowest BCUT2D eigenvalue weighted by molar-refractivity contribution is 0.212. The first-order chi connectivity index (χ1) is 10.9. The van der Waals surface area contributed by atoms with Crippen LogP contribution in [0.1, 0.15) is 34.1 Å². The van der Waals surface area contributed by atoms with Gasteiger partial charge in [-0.2, -0.15) is 0 Å². The fourth-order valence-electron chi connectivity index (χ4n) is 2.87. The van der Waals surface area contributed by atoms with Crippen LogP contribution >= 0.6 is 15.9 Å². The van der Waals surface area contributed by atoms with Gasteiger partial charge in [0.25, 0.3) is 0 Å². The molecule has 0 saturated heterocycles. The zero-order chi connectivity index (χ0) is 17.0. The van der Waals surface area contributed by atoms with E-state index >= 15 is 0 Å². The van der Waals surface area contributed by atoms with Gasteiger partial charge in [0.1, 0.15) is 0 Å². The molecule has 0 N–H and O–H groups in total. The maximum Gasteiger partial charge on any atom is 0.350 e. The molecule has 0 unspecified atom stereocenters. The Morgan fingerprint density at radius 1 is 1.17 bits per heavy atom. The third kappa shape index (κ3) is 5.18. The van der Waals surface area contributed by atoms with Gasteiger partial charge < -0.3 is 4.90 Å². The van der Waals surface area contributed by atoms with Gasteiger partial charge in [-0.05, 0) is 52.9 Å². The highest BCUT2D eigenvalue weighted by Crippen LogP contribution is 2.09. The predicted octanol–water partition coefficient (Wildman–Crippen LogP) is 3.26. The lowest BCUT2D eigenvalue weighted by atomic mass is 10.1. The maximum absolute atomic E-state index is 12.3. The number of hydrogen-bond acceptors (Lipinski definition) is 3. The van der Waals surface area contributed by atoms with E-state index in [-0.39, 0.29) is 5.69 Å². The Labute approximate surface area is 146 Å². The van der Waals surface area contributed by atoms with Gasteiger partial charge in [-0.25, -0.2) is 13.9 Å². The second kappa shape index (κ2) is 8.11. The molecule has 23 heavy (non-hydrogen) atoms. The molecular weight excluding hydrogens is 356 g/mol. The molecule has 0 bridgehead atoms. The quantitative estimate of drug-likeness (QED) is 0.703. The van der Waals surface area contributed by atoms with E-state index in [1.165, 1.54) is 0 Å². The minimum Gasteiger partial charge on any atom is -0.303 e. The van der Waals surface area contributed by atoms with E-state index in [1.807, 2.05) is 12.1 Å². The molecule has 128 valence electrons. The van der Waals surface area contributed by atoms with Gasteiger partial charge >= 0.3 is 5.69 Å². The fraction of sp³-hybridized carbons (Fsp3) is 0.647. The first-order valence-electron chi connectivity index (χ1n) is 8.34. The summed E-state index contributed by atoms with van der Waals surface area (Å²) in [5, 5.41) is 4.40. The van der Waals surface area contributed by atoms with Crippen molar-refractivity contribution in [3.8, 4) is 0 Å². The van der Waals surface area contributed by atoms with Crippen LogP contribution in [0.15, 0.2) is 27.6 Å². The number of pyridine rings is 1. The Balaban J connectivity index is 1.99. The van der Waals surface area contributed by atoms with Crippen molar-refractivity contribution in [2.75, 3.05) is 19.6 Å². The van der Waals surface area contributed by atoms with Gasteiger partial charge in [0.2, 0.25) is 0 Å². The summed E-state index contributed by atoms with van der Waals surface area (Å²) in [4.78, 5) is 14.8. The number of nitrogens with zero attached hydrogens (tertiary/aromatic N) is 4. The molecule has 5 nitrogen and oxygen atoms in total. The molecule has 2 aromatic rings. The molecule has 0 aliphatic heterocycles. The monoisotopic (exact) mass is 382 g/mol. The molecule has 0 atom stereocenters. The molecule has 0 aromatic carbocycles. The van der Waals surface area contributed by atoms with Crippen molar-refractivity contribution in [2.45, 2.75) is 40.7 Å². The topological polar surface area (TPSA) is 42.5 Å². The van der Waals surface area contributed by atoms with Crippen LogP contribution < -0.4 is 5.69 Å². The van der Waals surface area contributed by atoms with Gasteiger partial charge in [0.15, 0.2) is 5.65 Å². The summed E-state index contributed by atoms with van der Waals surface area (Å²) in [7, 11) is 0. The Kier molecular flexibility index (Phi) is 6.41. The summed E-state index contributed by atoms with van der Waals surface area (Å²) in [5.74, 6) is 1.31. The largest absolute Gasteiger partial charge is 0.350 e. The van der Waals surface area contributed by atoms with Crippen LogP contribution in [0.2, 0.25) is 0 Å². The zero-order valence-electron chi connectivity index (χ0n) is 14.5. The first kappa shape index (κ1) is 18.2. The Bertz CT molecular complexity index is 679. The van der Waals surface area contributed by atoms with Crippen LogP contribution in [-0.4, -0.2) is 38.7 Å². The number of aromatic nitrogens is 3. The molecule has 0 spiro atoms. The molecule has 2 aromatic heterocycles. The molecule has 0 saturated carbocycles. The number of rotatable bonds is 8. The van der Waals surface area contributed by atoms with Gasteiger partial charge in [-0.15, -0.1) is 5.10 Å². The maximum atomic E-state index is 12.3. The summed E-state index contributed by atoms with van der Waals surface area (Å²) in [5.41, 5.74) is 0.625. The van der Waals surface area contributed by atoms with Crippen LogP contribution in [0, 0.1) is 11.8 Å². The highest BCUT2D eigenvalue weighted by Gasteiger charge is 2.11. The predicted molar refractivity (Wildman–Crippen MR) is 97.9 cm³/mol. The average Bonchev–Trinajstić information content (AvgIpc) is 2.74. The van der Waals surface area contributed by atoms with Crippen LogP contribution in [0.25, 0.3) is 5.65 Å². The first-order valence-corrected chi connectivity index (χ1v) is 9.13. The Morgan fingerprint density at radius 2 is 1.83 bits per heavy atom. The van der Waals surface area contributed by atoms with E-state index in [0.29, 0.717) is 24.0 Å². The fourth-order valence-corrected chi connectivity index (χ4v) is 3.21. The Morgan fingerprint density at radius 3 is 2.43 bits per heavy atom. The molecule has 2 heterocycles. The number of aryl methyl sites for hydroxylation is 1. The summed E-state index contributed by atoms with van der Waals surface area (Å²) in [6.45, 7) is 12.9. The van der Waals surface area contributed by atoms with Crippen molar-refractivity contribution in [3.63, 3.8) is 0 Å². The van der Waals surface area contributed by atoms with Crippen LogP contribution in [-0.2, 0) is 6.54 Å². The third-order valence-corrected chi connectivity index (χ3v) is 4.10. The standard InChI is InChI=1S/C17H27BrN4O/c1-13(2)10-20(11-14(3)4)8-5-9-22-17(23)21-12-15(18)6-7-16(21)19-22/h6-7,12-14H,5,8-11H2,1-4H3. The number of halogens is 1. The van der Waals surface area contributed by atoms with E-state index in [1.54, 1.807) is 15.3 Å². The summed E-state index contributed by atoms with van der Waals surface area (Å²) < 4.78 is 4.04. The minimum atomic E-state index is -0.0689. The van der Waals surface area contributed by atoms with Crippen molar-refractivity contribution in [2.24, 2.45) is 11.8 Å². The Hall–Kier alpha value is -1.14. The number of fused-ring (bicyclic) bond motifs is 1. The van der Waals surface area contributed by atoms with E-state index in [4.69, 9.17) is 0 Å². The molecule has 0 aliphatic rings. The van der Waals surface area contributed by atoms with Crippen LogP contribution in [0.4, 0.5) is 0 Å². The van der Waals surface area contributed by atoms with Gasteiger partial charge in [0, 0.05) is 30.3 Å². The molecule has 0 radical (unpaired) electrons. The highest BCUT2D eigenvalue weighted by atomic mass is 79.9. The molecule has 0 fully saturated rings. The zero-order valence-corrected chi connectivity index (χ0v) is 16.1. The van der Waals surface area contributed by atoms with Crippen molar-refractivity contribution in [3.05, 3.63) is 33.3 Å². The average molecular weight is 383 g/mol. The summed E-state index contributed by atoms with van der Waals surface area (Å²) >= 11 is 3.39. The molecule has 0 amide bonds. The van der Waals surface area contributed by atoms with Gasteiger partial charge in [0.05, 0.1) is 0 Å². The third-order valence-electron chi connectivity index (χ3n) is 3.63. The van der Waals surface area contributed by atoms with Crippen molar-refractivity contribution < 1.29 is 0 Å². The highest BCUT2D eigenvalue weighted by molar-refractivity contribution is 9.10. The summed E-state index contributed by atoms with van der Waals surface area (Å²) in [6.07, 6.45) is 2.70. The van der Waals surface area contributed by atoms with E-state index < -0.39 is 0 Å². The lowest BCUT2D eigenvalue weighted by Gasteiger charge is -2.25. The van der Waals surface area contributed by atoms with Crippen molar-refractivity contribution >= 4 is 21.6 Å². The molecule has 6 heteroatoms. The molecule has 2 rings (SSSR count). The second-order valence-electron chi connectivity index (χ2n) is 6.98. The minimum absolute atomic E-state index is 0.0689. The van der Waals surface area contributed by atoms with Gasteiger partial charge in [-0.3, -0.25) is 0 Å². The van der Waals surface area contributed by atoms with Crippen molar-refractivity contribution in [1.29, 1.82) is 0 Å². The molecule has 0 aliphatic carbocycles. The van der Waals surface area contributed by atoms with Crippen molar-refractivity contribution in [1.82, 2.24) is 19.1 Å². The normalized spacial score (nSPS) is 12.2.